The van der Waals surface area contributed by atoms with Crippen molar-refractivity contribution in [2.24, 2.45) is 25.7 Å². The van der Waals surface area contributed by atoms with Gasteiger partial charge in [-0.05, 0) is 39.8 Å². The molecular weight excluding hydrogens is 364 g/mol. The molecule has 0 bridgehead atoms. The van der Waals surface area contributed by atoms with Crippen molar-refractivity contribution in [3.05, 3.63) is 26.7 Å². The van der Waals surface area contributed by atoms with Gasteiger partial charge in [-0.15, -0.1) is 0 Å². The average Bonchev–Trinajstić information content (AvgIpc) is 3.03. The maximum absolute atomic E-state index is 12.8. The Bertz CT molecular complexity index is 1050. The van der Waals surface area contributed by atoms with Crippen LogP contribution in [-0.4, -0.2) is 48.4 Å². The van der Waals surface area contributed by atoms with Crippen LogP contribution in [0.2, 0.25) is 0 Å². The summed E-state index contributed by atoms with van der Waals surface area (Å²) in [6.07, 6.45) is 1.33. The van der Waals surface area contributed by atoms with E-state index in [9.17, 15) is 19.2 Å². The summed E-state index contributed by atoms with van der Waals surface area (Å²) in [5.41, 5.74) is 4.96. The molecule has 1 fully saturated rings. The van der Waals surface area contributed by atoms with E-state index in [2.05, 4.69) is 9.88 Å². The van der Waals surface area contributed by atoms with E-state index < -0.39 is 17.3 Å². The lowest BCUT2D eigenvalue weighted by Gasteiger charge is -2.30. The summed E-state index contributed by atoms with van der Waals surface area (Å²) >= 11 is 0. The number of hydrogen-bond acceptors (Lipinski definition) is 6. The van der Waals surface area contributed by atoms with Crippen LogP contribution in [0.25, 0.3) is 11.2 Å². The predicted molar refractivity (Wildman–Crippen MR) is 103 cm³/mol. The first-order chi connectivity index (χ1) is 13.1. The van der Waals surface area contributed by atoms with E-state index in [1.54, 1.807) is 18.5 Å². The van der Waals surface area contributed by atoms with Gasteiger partial charge in [-0.1, -0.05) is 0 Å². The van der Waals surface area contributed by atoms with Crippen LogP contribution in [0.15, 0.2) is 9.59 Å². The standard InChI is InChI=1S/C18H26N6O4/c1-10(11(2)25)24-13(9-23-7-5-12(6-8-23)15(19)26)20-16-14(24)17(27)22(4)18(28)21(16)3/h10,12H,5-9H2,1-4H3,(H2,19,26). The zero-order valence-electron chi connectivity index (χ0n) is 16.6. The number of fused-ring (bicyclic) bond motifs is 1. The fraction of sp³-hybridized carbons (Fsp3) is 0.611. The highest BCUT2D eigenvalue weighted by Crippen LogP contribution is 2.23. The summed E-state index contributed by atoms with van der Waals surface area (Å²) in [6.45, 7) is 4.93. The molecule has 2 aromatic rings. The molecule has 2 N–H and O–H groups in total. The number of aromatic nitrogens is 4. The molecule has 3 heterocycles. The summed E-state index contributed by atoms with van der Waals surface area (Å²) in [6, 6.07) is -0.589. The van der Waals surface area contributed by atoms with Gasteiger partial charge >= 0.3 is 5.69 Å². The lowest BCUT2D eigenvalue weighted by molar-refractivity contribution is -0.123. The number of hydrogen-bond donors (Lipinski definition) is 1. The first-order valence-electron chi connectivity index (χ1n) is 9.32. The maximum Gasteiger partial charge on any atom is 0.332 e. The van der Waals surface area contributed by atoms with Crippen LogP contribution in [0.5, 0.6) is 0 Å². The van der Waals surface area contributed by atoms with E-state index in [0.29, 0.717) is 38.3 Å². The number of primary amides is 1. The molecule has 28 heavy (non-hydrogen) atoms. The fourth-order valence-corrected chi connectivity index (χ4v) is 3.75. The van der Waals surface area contributed by atoms with Gasteiger partial charge in [0.1, 0.15) is 5.82 Å². The SMILES string of the molecule is CC(=O)C(C)n1c(CN2CCC(C(N)=O)CC2)nc2c1c(=O)n(C)c(=O)n2C. The zero-order chi connectivity index (χ0) is 20.7. The lowest BCUT2D eigenvalue weighted by atomic mass is 9.96. The van der Waals surface area contributed by atoms with E-state index in [4.69, 9.17) is 5.73 Å². The van der Waals surface area contributed by atoms with Gasteiger partial charge in [0.15, 0.2) is 16.9 Å². The predicted octanol–water partition coefficient (Wildman–Crippen LogP) is -0.719. The van der Waals surface area contributed by atoms with Gasteiger partial charge in [0.05, 0.1) is 12.6 Å². The molecule has 3 rings (SSSR count). The normalized spacial score (nSPS) is 17.1. The first-order valence-corrected chi connectivity index (χ1v) is 9.32. The zero-order valence-corrected chi connectivity index (χ0v) is 16.6. The number of piperidine rings is 1. The maximum atomic E-state index is 12.8. The summed E-state index contributed by atoms with van der Waals surface area (Å²) in [5.74, 6) is 0.0346. The van der Waals surface area contributed by atoms with E-state index in [1.165, 1.54) is 18.5 Å². The summed E-state index contributed by atoms with van der Waals surface area (Å²) in [4.78, 5) is 55.2. The van der Waals surface area contributed by atoms with Crippen LogP contribution in [0, 0.1) is 5.92 Å². The Hall–Kier alpha value is -2.75. The Morgan fingerprint density at radius 3 is 2.32 bits per heavy atom. The average molecular weight is 390 g/mol. The molecule has 0 radical (unpaired) electrons. The Kier molecular flexibility index (Phi) is 5.24. The van der Waals surface area contributed by atoms with Crippen LogP contribution >= 0.6 is 0 Å². The second-order valence-electron chi connectivity index (χ2n) is 7.52. The third kappa shape index (κ3) is 3.28. The minimum atomic E-state index is -0.589. The van der Waals surface area contributed by atoms with Crippen molar-refractivity contribution >= 4 is 22.9 Å². The number of amides is 1. The first kappa shape index (κ1) is 20.0. The molecule has 0 aliphatic carbocycles. The fourth-order valence-electron chi connectivity index (χ4n) is 3.75. The molecule has 1 saturated heterocycles. The van der Waals surface area contributed by atoms with Gasteiger partial charge in [0, 0.05) is 20.0 Å². The molecule has 1 atom stereocenters. The summed E-state index contributed by atoms with van der Waals surface area (Å²) in [7, 11) is 2.97. The second-order valence-corrected chi connectivity index (χ2v) is 7.52. The number of likely N-dealkylation sites (tertiary alicyclic amines) is 1. The Morgan fingerprint density at radius 1 is 1.18 bits per heavy atom. The number of nitrogens with zero attached hydrogens (tertiary/aromatic N) is 5. The topological polar surface area (TPSA) is 125 Å². The van der Waals surface area contributed by atoms with Crippen LogP contribution in [-0.2, 0) is 30.2 Å². The van der Waals surface area contributed by atoms with Crippen LogP contribution in [0.3, 0.4) is 0 Å². The minimum absolute atomic E-state index is 0.108. The van der Waals surface area contributed by atoms with E-state index in [0.717, 1.165) is 4.57 Å². The largest absolute Gasteiger partial charge is 0.369 e. The van der Waals surface area contributed by atoms with E-state index in [1.807, 2.05) is 0 Å². The molecule has 2 aromatic heterocycles. The smallest absolute Gasteiger partial charge is 0.332 e. The summed E-state index contributed by atoms with van der Waals surface area (Å²) in [5, 5.41) is 0. The van der Waals surface area contributed by atoms with Crippen LogP contribution in [0.4, 0.5) is 0 Å². The molecule has 1 unspecified atom stereocenters. The molecule has 10 nitrogen and oxygen atoms in total. The molecule has 0 saturated carbocycles. The number of carbonyl (C=O) groups is 2. The molecule has 10 heteroatoms. The Morgan fingerprint density at radius 2 is 1.79 bits per heavy atom. The second kappa shape index (κ2) is 7.34. The van der Waals surface area contributed by atoms with Gasteiger partial charge in [-0.2, -0.15) is 0 Å². The molecule has 1 aliphatic heterocycles. The lowest BCUT2D eigenvalue weighted by Crippen LogP contribution is -2.39. The monoisotopic (exact) mass is 390 g/mol. The van der Waals surface area contributed by atoms with Crippen LogP contribution in [0.1, 0.15) is 38.6 Å². The van der Waals surface area contributed by atoms with Gasteiger partial charge in [-0.25, -0.2) is 9.78 Å². The van der Waals surface area contributed by atoms with E-state index in [-0.39, 0.29) is 28.8 Å². The Balaban J connectivity index is 2.08. The van der Waals surface area contributed by atoms with Crippen molar-refractivity contribution in [1.29, 1.82) is 0 Å². The third-order valence-electron chi connectivity index (χ3n) is 5.70. The van der Waals surface area contributed by atoms with Crippen molar-refractivity contribution in [1.82, 2.24) is 23.6 Å². The highest BCUT2D eigenvalue weighted by molar-refractivity contribution is 5.82. The number of Topliss-reactive ketones (excluding diaryl/α,β-unsaturated/α-hetero) is 1. The van der Waals surface area contributed by atoms with Gasteiger partial charge < -0.3 is 10.3 Å². The number of rotatable bonds is 5. The van der Waals surface area contributed by atoms with Crippen molar-refractivity contribution < 1.29 is 9.59 Å². The number of ketones is 1. The van der Waals surface area contributed by atoms with Crippen LogP contribution < -0.4 is 17.0 Å². The number of imidazole rings is 1. The quantitative estimate of drug-likeness (QED) is 0.718. The molecule has 1 aliphatic rings. The summed E-state index contributed by atoms with van der Waals surface area (Å²) < 4.78 is 3.98. The van der Waals surface area contributed by atoms with Gasteiger partial charge in [0.25, 0.3) is 5.56 Å². The molecular formula is C18H26N6O4. The van der Waals surface area contributed by atoms with Crippen molar-refractivity contribution in [3.8, 4) is 0 Å². The highest BCUT2D eigenvalue weighted by atomic mass is 16.2. The van der Waals surface area contributed by atoms with Crippen molar-refractivity contribution in [2.75, 3.05) is 13.1 Å². The van der Waals surface area contributed by atoms with Crippen molar-refractivity contribution in [2.45, 2.75) is 39.3 Å². The molecule has 0 aromatic carbocycles. The van der Waals surface area contributed by atoms with E-state index >= 15 is 0 Å². The van der Waals surface area contributed by atoms with Crippen molar-refractivity contribution in [3.63, 3.8) is 0 Å². The number of carbonyl (C=O) groups excluding carboxylic acids is 2. The minimum Gasteiger partial charge on any atom is -0.369 e. The molecule has 1 amide bonds. The van der Waals surface area contributed by atoms with Gasteiger partial charge in [-0.3, -0.25) is 28.4 Å². The third-order valence-corrected chi connectivity index (χ3v) is 5.70. The number of nitrogens with two attached hydrogens (primary N) is 1. The highest BCUT2D eigenvalue weighted by Gasteiger charge is 2.28. The Labute approximate surface area is 161 Å². The molecule has 0 spiro atoms. The molecule has 152 valence electrons. The van der Waals surface area contributed by atoms with Gasteiger partial charge in [0.2, 0.25) is 5.91 Å². The number of aryl methyl sites for hydroxylation is 1.